The molecule has 80 valence electrons. The van der Waals surface area contributed by atoms with Gasteiger partial charge in [0.15, 0.2) is 0 Å². The van der Waals surface area contributed by atoms with Gasteiger partial charge in [-0.05, 0) is 24.1 Å². The molecular formula is C11H12BrNO2. The van der Waals surface area contributed by atoms with Gasteiger partial charge < -0.3 is 10.1 Å². The number of fused-ring (bicyclic) bond motifs is 1. The summed E-state index contributed by atoms with van der Waals surface area (Å²) < 4.78 is 6.59. The van der Waals surface area contributed by atoms with E-state index in [2.05, 4.69) is 21.2 Å². The second kappa shape index (κ2) is 4.23. The third-order valence-corrected chi connectivity index (χ3v) is 2.84. The lowest BCUT2D eigenvalue weighted by molar-refractivity contribution is -0.119. The molecule has 0 spiro atoms. The highest BCUT2D eigenvalue weighted by Crippen LogP contribution is 2.27. The topological polar surface area (TPSA) is 38.3 Å². The first kappa shape index (κ1) is 10.5. The summed E-state index contributed by atoms with van der Waals surface area (Å²) in [6.07, 6.45) is 0.836. The first-order chi connectivity index (χ1) is 7.15. The van der Waals surface area contributed by atoms with E-state index in [-0.39, 0.29) is 11.9 Å². The Hall–Kier alpha value is -1.03. The fourth-order valence-corrected chi connectivity index (χ4v) is 2.07. The minimum absolute atomic E-state index is 0.0100. The highest BCUT2D eigenvalue weighted by atomic mass is 79.9. The van der Waals surface area contributed by atoms with Crippen LogP contribution in [0.1, 0.15) is 12.5 Å². The molecule has 1 aliphatic heterocycles. The van der Waals surface area contributed by atoms with Gasteiger partial charge in [-0.15, -0.1) is 0 Å². The molecule has 0 radical (unpaired) electrons. The maximum atomic E-state index is 10.9. The maximum Gasteiger partial charge on any atom is 0.217 e. The van der Waals surface area contributed by atoms with E-state index < -0.39 is 0 Å². The fourth-order valence-electron chi connectivity index (χ4n) is 1.73. The van der Waals surface area contributed by atoms with Crippen LogP contribution in [0.25, 0.3) is 0 Å². The van der Waals surface area contributed by atoms with Gasteiger partial charge in [0, 0.05) is 11.4 Å². The van der Waals surface area contributed by atoms with E-state index in [0.29, 0.717) is 6.61 Å². The van der Waals surface area contributed by atoms with Crippen LogP contribution in [0.15, 0.2) is 22.7 Å². The third-order valence-electron chi connectivity index (χ3n) is 2.34. The first-order valence-corrected chi connectivity index (χ1v) is 5.63. The van der Waals surface area contributed by atoms with Gasteiger partial charge in [0.05, 0.1) is 6.04 Å². The summed E-state index contributed by atoms with van der Waals surface area (Å²) in [5, 5.41) is 2.86. The number of nitrogens with one attached hydrogen (secondary N) is 1. The van der Waals surface area contributed by atoms with Crippen LogP contribution in [-0.2, 0) is 11.2 Å². The van der Waals surface area contributed by atoms with E-state index in [4.69, 9.17) is 4.74 Å². The number of ether oxygens (including phenoxy) is 1. The Morgan fingerprint density at radius 3 is 3.13 bits per heavy atom. The van der Waals surface area contributed by atoms with Crippen LogP contribution in [0.3, 0.4) is 0 Å². The van der Waals surface area contributed by atoms with Crippen molar-refractivity contribution in [3.05, 3.63) is 28.2 Å². The molecule has 0 aliphatic carbocycles. The van der Waals surface area contributed by atoms with Crippen LogP contribution in [0.4, 0.5) is 0 Å². The molecule has 0 saturated carbocycles. The van der Waals surface area contributed by atoms with Crippen molar-refractivity contribution >= 4 is 21.8 Å². The van der Waals surface area contributed by atoms with E-state index in [1.807, 2.05) is 18.2 Å². The van der Waals surface area contributed by atoms with Crippen LogP contribution in [0.2, 0.25) is 0 Å². The zero-order chi connectivity index (χ0) is 10.8. The van der Waals surface area contributed by atoms with E-state index in [1.54, 1.807) is 0 Å². The lowest BCUT2D eigenvalue weighted by Crippen LogP contribution is -2.41. The van der Waals surface area contributed by atoms with Crippen LogP contribution >= 0.6 is 15.9 Å². The number of carbonyl (C=O) groups is 1. The van der Waals surface area contributed by atoms with Gasteiger partial charge in [-0.1, -0.05) is 22.0 Å². The molecule has 0 saturated heterocycles. The van der Waals surface area contributed by atoms with Gasteiger partial charge in [0.1, 0.15) is 12.4 Å². The fraction of sp³-hybridized carbons (Fsp3) is 0.364. The minimum atomic E-state index is -0.0100. The van der Waals surface area contributed by atoms with E-state index in [1.165, 1.54) is 6.92 Å². The molecule has 0 fully saturated rings. The van der Waals surface area contributed by atoms with Crippen LogP contribution in [0.5, 0.6) is 5.75 Å². The van der Waals surface area contributed by atoms with Crippen molar-refractivity contribution in [1.82, 2.24) is 5.32 Å². The molecule has 0 aromatic heterocycles. The number of hydrogen-bond donors (Lipinski definition) is 1. The van der Waals surface area contributed by atoms with Gasteiger partial charge in [-0.3, -0.25) is 4.79 Å². The van der Waals surface area contributed by atoms with Crippen LogP contribution in [-0.4, -0.2) is 18.6 Å². The maximum absolute atomic E-state index is 10.9. The first-order valence-electron chi connectivity index (χ1n) is 4.83. The molecule has 0 unspecified atom stereocenters. The summed E-state index contributed by atoms with van der Waals surface area (Å²) >= 11 is 3.40. The van der Waals surface area contributed by atoms with Crippen molar-refractivity contribution in [2.75, 3.05) is 6.61 Å². The minimum Gasteiger partial charge on any atom is -0.491 e. The summed E-state index contributed by atoms with van der Waals surface area (Å²) in [5.41, 5.74) is 1.14. The predicted octanol–water partition coefficient (Wildman–Crippen LogP) is 1.89. The Kier molecular flexibility index (Phi) is 2.95. The van der Waals surface area contributed by atoms with E-state index in [0.717, 1.165) is 22.2 Å². The summed E-state index contributed by atoms with van der Waals surface area (Å²) in [6, 6.07) is 6.06. The smallest absolute Gasteiger partial charge is 0.217 e. The lowest BCUT2D eigenvalue weighted by Gasteiger charge is -2.25. The second-order valence-corrected chi connectivity index (χ2v) is 4.58. The molecule has 0 bridgehead atoms. The largest absolute Gasteiger partial charge is 0.491 e. The average Bonchev–Trinajstić information content (AvgIpc) is 2.17. The van der Waals surface area contributed by atoms with Gasteiger partial charge in [-0.25, -0.2) is 0 Å². The zero-order valence-corrected chi connectivity index (χ0v) is 10.0. The SMILES string of the molecule is CC(=O)N[C@H]1COc2cc(Br)ccc2C1. The molecule has 1 atom stereocenters. The summed E-state index contributed by atoms with van der Waals surface area (Å²) in [6.45, 7) is 2.07. The summed E-state index contributed by atoms with van der Waals surface area (Å²) in [5.74, 6) is 0.898. The van der Waals surface area contributed by atoms with E-state index in [9.17, 15) is 4.79 Å². The van der Waals surface area contributed by atoms with Gasteiger partial charge >= 0.3 is 0 Å². The van der Waals surface area contributed by atoms with Gasteiger partial charge in [-0.2, -0.15) is 0 Å². The molecule has 1 N–H and O–H groups in total. The number of carbonyl (C=O) groups excluding carboxylic acids is 1. The average molecular weight is 270 g/mol. The molecule has 1 aromatic rings. The van der Waals surface area contributed by atoms with Crippen LogP contribution in [0, 0.1) is 0 Å². The second-order valence-electron chi connectivity index (χ2n) is 3.66. The van der Waals surface area contributed by atoms with Crippen molar-refractivity contribution in [3.63, 3.8) is 0 Å². The van der Waals surface area contributed by atoms with Crippen molar-refractivity contribution in [1.29, 1.82) is 0 Å². The highest BCUT2D eigenvalue weighted by molar-refractivity contribution is 9.10. The van der Waals surface area contributed by atoms with Gasteiger partial charge in [0.2, 0.25) is 5.91 Å². The molecule has 3 nitrogen and oxygen atoms in total. The molecule has 1 heterocycles. The molecular weight excluding hydrogens is 258 g/mol. The van der Waals surface area contributed by atoms with Crippen molar-refractivity contribution < 1.29 is 9.53 Å². The standard InChI is InChI=1S/C11H12BrNO2/c1-7(14)13-10-4-8-2-3-9(12)5-11(8)15-6-10/h2-3,5,10H,4,6H2,1H3,(H,13,14)/t10-/m1/s1. The Morgan fingerprint density at radius 2 is 2.40 bits per heavy atom. The number of halogens is 1. The Bertz CT molecular complexity index is 392. The molecule has 4 heteroatoms. The summed E-state index contributed by atoms with van der Waals surface area (Å²) in [4.78, 5) is 10.9. The molecule has 1 amide bonds. The lowest BCUT2D eigenvalue weighted by atomic mass is 10.0. The van der Waals surface area contributed by atoms with Crippen molar-refractivity contribution in [2.24, 2.45) is 0 Å². The Balaban J connectivity index is 2.13. The van der Waals surface area contributed by atoms with Crippen molar-refractivity contribution in [3.8, 4) is 5.75 Å². The Morgan fingerprint density at radius 1 is 1.60 bits per heavy atom. The molecule has 2 rings (SSSR count). The van der Waals surface area contributed by atoms with Gasteiger partial charge in [0.25, 0.3) is 0 Å². The number of amides is 1. The predicted molar refractivity (Wildman–Crippen MR) is 60.9 cm³/mol. The normalized spacial score (nSPS) is 18.9. The zero-order valence-electron chi connectivity index (χ0n) is 8.42. The summed E-state index contributed by atoms with van der Waals surface area (Å²) in [7, 11) is 0. The number of rotatable bonds is 1. The number of benzene rings is 1. The quantitative estimate of drug-likeness (QED) is 0.846. The Labute approximate surface area is 96.9 Å². The van der Waals surface area contributed by atoms with E-state index >= 15 is 0 Å². The molecule has 15 heavy (non-hydrogen) atoms. The monoisotopic (exact) mass is 269 g/mol. The number of hydrogen-bond acceptors (Lipinski definition) is 2. The molecule has 1 aliphatic rings. The molecule has 1 aromatic carbocycles. The highest BCUT2D eigenvalue weighted by Gasteiger charge is 2.20. The van der Waals surface area contributed by atoms with Crippen LogP contribution < -0.4 is 10.1 Å². The third kappa shape index (κ3) is 2.50. The van der Waals surface area contributed by atoms with Crippen molar-refractivity contribution in [2.45, 2.75) is 19.4 Å².